The van der Waals surface area contributed by atoms with Gasteiger partial charge >= 0.3 is 7.82 Å². The van der Waals surface area contributed by atoms with E-state index in [4.69, 9.17) is 27.8 Å². The third-order valence-electron chi connectivity index (χ3n) is 13.5. The van der Waals surface area contributed by atoms with E-state index in [-0.39, 0.29) is 37.0 Å². The van der Waals surface area contributed by atoms with Gasteiger partial charge in [0.1, 0.15) is 52.4 Å². The Labute approximate surface area is 378 Å². The Hall–Kier alpha value is -5.95. The molecule has 0 unspecified atom stereocenters. The SMILES string of the molecule is CC1(C)Oc2ccc(C#N)cc2[C@H](N2CCCC2=O)[C@H]1OP(=O)(O[C@H]1[C@H](N2CCCC2=O)c2cc(C#N)ccc2OC1(C)C)O[C@H]1[C@H](N2CCCC2=O)c2cc(C#N)ccc2OC1(C)C. The molecule has 17 heteroatoms. The standard InChI is InChI=1S/C48H51N6O10P/c1-46(2)43(40(52-19-7-10-37(52)55)31-22-28(25-49)13-16-34(31)59-46)62-65(58,63-44-41(53-20-8-11-38(53)56)32-23-29(26-50)14-17-35(32)60-47(44,3)4)64-45-42(54-21-9-12-39(54)57)33-24-30(27-51)15-18-36(33)61-48(45,5)6/h13-18,22-24,40-45H,7-12,19-21H2,1-6H3/t40-,41-,42+,43+,44+,45-/m1/s1. The predicted octanol–water partition coefficient (Wildman–Crippen LogP) is 7.47. The van der Waals surface area contributed by atoms with Crippen molar-refractivity contribution >= 4 is 25.5 Å². The highest BCUT2D eigenvalue weighted by Crippen LogP contribution is 2.64. The van der Waals surface area contributed by atoms with E-state index in [2.05, 4.69) is 18.2 Å². The number of carbonyl (C=O) groups excluding carboxylic acids is 3. The Morgan fingerprint density at radius 3 is 1.03 bits per heavy atom. The summed E-state index contributed by atoms with van der Waals surface area (Å²) in [5, 5.41) is 30.1. The normalized spacial score (nSPS) is 27.3. The van der Waals surface area contributed by atoms with Gasteiger partial charge in [0.25, 0.3) is 0 Å². The molecule has 6 heterocycles. The summed E-state index contributed by atoms with van der Waals surface area (Å²) in [5.74, 6) is 0.705. The molecule has 3 aromatic rings. The molecule has 0 N–H and O–H groups in total. The number of phosphoric acid groups is 1. The van der Waals surface area contributed by atoms with Crippen LogP contribution >= 0.6 is 7.82 Å². The molecule has 0 spiro atoms. The van der Waals surface area contributed by atoms with Crippen LogP contribution in [0.1, 0.15) is 132 Å². The van der Waals surface area contributed by atoms with Crippen molar-refractivity contribution in [3.05, 3.63) is 88.0 Å². The molecule has 0 radical (unpaired) electrons. The molecule has 0 saturated carbocycles. The summed E-state index contributed by atoms with van der Waals surface area (Å²) in [7, 11) is -5.20. The molecular weight excluding hydrogens is 852 g/mol. The van der Waals surface area contributed by atoms with Crippen molar-refractivity contribution in [2.24, 2.45) is 0 Å². The third kappa shape index (κ3) is 7.79. The van der Waals surface area contributed by atoms with Crippen molar-refractivity contribution in [1.29, 1.82) is 15.8 Å². The molecule has 6 aliphatic heterocycles. The van der Waals surface area contributed by atoms with Crippen molar-refractivity contribution < 1.29 is 46.7 Å². The Balaban J connectivity index is 1.24. The summed E-state index contributed by atoms with van der Waals surface area (Å²) in [5.41, 5.74) is -1.70. The van der Waals surface area contributed by atoms with Crippen LogP contribution in [0.4, 0.5) is 0 Å². The fourth-order valence-electron chi connectivity index (χ4n) is 10.4. The molecule has 3 amide bonds. The number of likely N-dealkylation sites (tertiary alicyclic amines) is 3. The van der Waals surface area contributed by atoms with E-state index < -0.39 is 61.1 Å². The number of carbonyl (C=O) groups is 3. The second-order valence-corrected chi connectivity index (χ2v) is 20.7. The van der Waals surface area contributed by atoms with Gasteiger partial charge in [-0.2, -0.15) is 15.8 Å². The molecule has 3 saturated heterocycles. The second-order valence-electron chi connectivity index (χ2n) is 19.1. The van der Waals surface area contributed by atoms with Crippen molar-refractivity contribution in [3.8, 4) is 35.5 Å². The molecule has 0 aliphatic carbocycles. The Kier molecular flexibility index (Phi) is 11.0. The zero-order valence-electron chi connectivity index (χ0n) is 37.2. The first-order valence-corrected chi connectivity index (χ1v) is 23.6. The quantitative estimate of drug-likeness (QED) is 0.191. The lowest BCUT2D eigenvalue weighted by Crippen LogP contribution is -2.58. The maximum Gasteiger partial charge on any atom is 0.476 e. The number of nitrogens with zero attached hydrogens (tertiary/aromatic N) is 6. The van der Waals surface area contributed by atoms with Crippen LogP contribution in [0.25, 0.3) is 0 Å². The van der Waals surface area contributed by atoms with Gasteiger partial charge in [-0.15, -0.1) is 0 Å². The molecule has 9 rings (SSSR count). The van der Waals surface area contributed by atoms with E-state index in [0.717, 1.165) is 0 Å². The van der Waals surface area contributed by atoms with Gasteiger partial charge in [-0.3, -0.25) is 28.0 Å². The predicted molar refractivity (Wildman–Crippen MR) is 231 cm³/mol. The second kappa shape index (κ2) is 16.2. The lowest BCUT2D eigenvalue weighted by molar-refractivity contribution is -0.155. The molecule has 65 heavy (non-hydrogen) atoms. The number of hydrogen-bond acceptors (Lipinski definition) is 13. The molecule has 3 aromatic carbocycles. The smallest absolute Gasteiger partial charge is 0.476 e. The van der Waals surface area contributed by atoms with Gasteiger partial charge in [0.2, 0.25) is 17.7 Å². The van der Waals surface area contributed by atoms with Crippen LogP contribution in [0, 0.1) is 34.0 Å². The van der Waals surface area contributed by atoms with Crippen LogP contribution in [0.5, 0.6) is 17.2 Å². The van der Waals surface area contributed by atoms with E-state index in [1.165, 1.54) is 0 Å². The fourth-order valence-corrected chi connectivity index (χ4v) is 12.5. The minimum Gasteiger partial charge on any atom is -0.485 e. The van der Waals surface area contributed by atoms with Crippen LogP contribution in [-0.2, 0) is 32.5 Å². The zero-order valence-corrected chi connectivity index (χ0v) is 38.1. The minimum absolute atomic E-state index is 0.176. The molecule has 0 aromatic heterocycles. The van der Waals surface area contributed by atoms with E-state index in [1.807, 2.05) is 0 Å². The lowest BCUT2D eigenvalue weighted by atomic mass is 9.85. The number of amides is 3. The van der Waals surface area contributed by atoms with Crippen molar-refractivity contribution in [3.63, 3.8) is 0 Å². The van der Waals surface area contributed by atoms with Gasteiger partial charge in [-0.25, -0.2) is 4.57 Å². The highest BCUT2D eigenvalue weighted by molar-refractivity contribution is 7.48. The first-order chi connectivity index (χ1) is 30.9. The largest absolute Gasteiger partial charge is 0.485 e. The van der Waals surface area contributed by atoms with Crippen LogP contribution < -0.4 is 14.2 Å². The first kappa shape index (κ1) is 44.3. The number of hydrogen-bond donors (Lipinski definition) is 0. The Morgan fingerprint density at radius 1 is 0.523 bits per heavy atom. The van der Waals surface area contributed by atoms with Gasteiger partial charge in [0, 0.05) is 55.6 Å². The minimum atomic E-state index is -5.20. The molecule has 6 aliphatic rings. The van der Waals surface area contributed by atoms with E-state index >= 15 is 4.57 Å². The fraction of sp³-hybridized carbons (Fsp3) is 0.500. The summed E-state index contributed by atoms with van der Waals surface area (Å²) in [6.45, 7) is 11.5. The van der Waals surface area contributed by atoms with Crippen LogP contribution in [0.2, 0.25) is 0 Å². The molecule has 16 nitrogen and oxygen atoms in total. The topological polar surface area (TPSA) is 205 Å². The highest BCUT2D eigenvalue weighted by Gasteiger charge is 2.60. The van der Waals surface area contributed by atoms with E-state index in [1.54, 1.807) is 111 Å². The third-order valence-corrected chi connectivity index (χ3v) is 14.9. The summed E-state index contributed by atoms with van der Waals surface area (Å²) >= 11 is 0. The number of ether oxygens (including phenoxy) is 3. The van der Waals surface area contributed by atoms with E-state index in [0.29, 0.717) is 89.5 Å². The Morgan fingerprint density at radius 2 is 0.800 bits per heavy atom. The van der Waals surface area contributed by atoms with Gasteiger partial charge < -0.3 is 28.9 Å². The number of rotatable bonds is 9. The molecule has 338 valence electrons. The van der Waals surface area contributed by atoms with Crippen LogP contribution in [0.3, 0.4) is 0 Å². The molecule has 3 fully saturated rings. The lowest BCUT2D eigenvalue weighted by Gasteiger charge is -2.51. The highest BCUT2D eigenvalue weighted by atomic mass is 31.2. The number of phosphoric ester groups is 1. The summed E-state index contributed by atoms with van der Waals surface area (Å²) in [4.78, 5) is 46.4. The van der Waals surface area contributed by atoms with Crippen LogP contribution in [0.15, 0.2) is 54.6 Å². The maximum atomic E-state index is 16.8. The monoisotopic (exact) mass is 902 g/mol. The number of fused-ring (bicyclic) bond motifs is 3. The average Bonchev–Trinajstić information content (AvgIpc) is 4.01. The van der Waals surface area contributed by atoms with Crippen molar-refractivity contribution in [2.45, 2.75) is 133 Å². The van der Waals surface area contributed by atoms with Gasteiger partial charge in [-0.05, 0) is 115 Å². The molecule has 6 atom stereocenters. The van der Waals surface area contributed by atoms with Crippen LogP contribution in [-0.4, -0.2) is 87.2 Å². The molecule has 0 bridgehead atoms. The summed E-state index contributed by atoms with van der Waals surface area (Å²) in [6, 6.07) is 18.5. The zero-order chi connectivity index (χ0) is 46.2. The van der Waals surface area contributed by atoms with Crippen molar-refractivity contribution in [1.82, 2.24) is 14.7 Å². The summed E-state index contributed by atoms with van der Waals surface area (Å²) in [6.07, 6.45) is -1.43. The summed E-state index contributed by atoms with van der Waals surface area (Å²) < 4.78 is 57.7. The Bertz CT molecular complexity index is 2380. The first-order valence-electron chi connectivity index (χ1n) is 22.1. The number of benzene rings is 3. The van der Waals surface area contributed by atoms with E-state index in [9.17, 15) is 30.2 Å². The van der Waals surface area contributed by atoms with Gasteiger partial charge in [0.05, 0.1) is 53.0 Å². The number of nitriles is 3. The van der Waals surface area contributed by atoms with Crippen molar-refractivity contribution in [2.75, 3.05) is 19.6 Å². The van der Waals surface area contributed by atoms with Gasteiger partial charge in [-0.1, -0.05) is 0 Å². The van der Waals surface area contributed by atoms with Gasteiger partial charge in [0.15, 0.2) is 0 Å². The maximum absolute atomic E-state index is 16.8. The average molecular weight is 903 g/mol. The molecular formula is C48H51N6O10P.